The highest BCUT2D eigenvalue weighted by Crippen LogP contribution is 2.28. The second kappa shape index (κ2) is 6.52. The van der Waals surface area contributed by atoms with E-state index in [0.29, 0.717) is 0 Å². The van der Waals surface area contributed by atoms with Gasteiger partial charge in [-0.2, -0.15) is 0 Å². The molecule has 0 amide bonds. The highest BCUT2D eigenvalue weighted by atomic mass is 14.9. The quantitative estimate of drug-likeness (QED) is 0.728. The van der Waals surface area contributed by atoms with Crippen LogP contribution in [0.4, 0.5) is 0 Å². The second-order valence-corrected chi connectivity index (χ2v) is 5.59. The molecule has 0 radical (unpaired) electrons. The van der Waals surface area contributed by atoms with Crippen molar-refractivity contribution >= 4 is 0 Å². The first-order valence-corrected chi connectivity index (χ1v) is 6.90. The van der Waals surface area contributed by atoms with Crippen LogP contribution >= 0.6 is 0 Å². The van der Waals surface area contributed by atoms with E-state index in [9.17, 15) is 0 Å². The predicted octanol–water partition coefficient (Wildman–Crippen LogP) is 3.84. The van der Waals surface area contributed by atoms with E-state index in [1.165, 1.54) is 38.6 Å². The van der Waals surface area contributed by atoms with Crippen molar-refractivity contribution in [3.05, 3.63) is 0 Å². The fourth-order valence-corrected chi connectivity index (χ4v) is 2.86. The molecule has 0 aliphatic heterocycles. The Morgan fingerprint density at radius 1 is 1.13 bits per heavy atom. The fraction of sp³-hybridized carbons (Fsp3) is 1.00. The Balaban J connectivity index is 2.26. The molecular weight excluding hydrogens is 182 g/mol. The monoisotopic (exact) mass is 211 g/mol. The molecule has 1 N–H and O–H groups in total. The second-order valence-electron chi connectivity index (χ2n) is 5.59. The van der Waals surface area contributed by atoms with Gasteiger partial charge in [-0.15, -0.1) is 0 Å². The first-order chi connectivity index (χ1) is 7.17. The minimum Gasteiger partial charge on any atom is -0.313 e. The molecule has 1 saturated carbocycles. The van der Waals surface area contributed by atoms with Gasteiger partial charge in [-0.3, -0.25) is 0 Å². The van der Waals surface area contributed by atoms with Gasteiger partial charge in [-0.05, 0) is 43.6 Å². The fourth-order valence-electron chi connectivity index (χ4n) is 2.86. The van der Waals surface area contributed by atoms with Crippen LogP contribution < -0.4 is 5.32 Å². The van der Waals surface area contributed by atoms with Crippen LogP contribution in [0.3, 0.4) is 0 Å². The van der Waals surface area contributed by atoms with Crippen LogP contribution in [0, 0.1) is 17.8 Å². The summed E-state index contributed by atoms with van der Waals surface area (Å²) < 4.78 is 0. The average molecular weight is 211 g/mol. The van der Waals surface area contributed by atoms with E-state index in [1.54, 1.807) is 0 Å². The van der Waals surface area contributed by atoms with Gasteiger partial charge in [0.15, 0.2) is 0 Å². The summed E-state index contributed by atoms with van der Waals surface area (Å²) >= 11 is 0. The van der Waals surface area contributed by atoms with Crippen molar-refractivity contribution in [3.8, 4) is 0 Å². The van der Waals surface area contributed by atoms with Crippen molar-refractivity contribution in [1.29, 1.82) is 0 Å². The lowest BCUT2D eigenvalue weighted by Crippen LogP contribution is -2.41. The zero-order valence-electron chi connectivity index (χ0n) is 11.1. The minimum absolute atomic E-state index is 0.793. The van der Waals surface area contributed by atoms with Crippen LogP contribution in [0.25, 0.3) is 0 Å². The smallest absolute Gasteiger partial charge is 0.00930 e. The lowest BCUT2D eigenvalue weighted by molar-refractivity contribution is 0.219. The zero-order valence-corrected chi connectivity index (χ0v) is 11.1. The Labute approximate surface area is 96.0 Å². The van der Waals surface area contributed by atoms with Crippen LogP contribution in [0.1, 0.15) is 59.8 Å². The maximum absolute atomic E-state index is 3.79. The maximum atomic E-state index is 3.79. The van der Waals surface area contributed by atoms with E-state index in [-0.39, 0.29) is 0 Å². The van der Waals surface area contributed by atoms with Crippen LogP contribution in [0.2, 0.25) is 0 Å². The molecule has 15 heavy (non-hydrogen) atoms. The Hall–Kier alpha value is -0.0400. The van der Waals surface area contributed by atoms with Gasteiger partial charge in [-0.1, -0.05) is 40.5 Å². The first-order valence-electron chi connectivity index (χ1n) is 6.90. The first kappa shape index (κ1) is 13.0. The molecule has 3 atom stereocenters. The molecule has 0 aromatic rings. The third-order valence-electron chi connectivity index (χ3n) is 4.25. The third-order valence-corrected chi connectivity index (χ3v) is 4.25. The van der Waals surface area contributed by atoms with Crippen molar-refractivity contribution in [3.63, 3.8) is 0 Å². The van der Waals surface area contributed by atoms with E-state index >= 15 is 0 Å². The van der Waals surface area contributed by atoms with Crippen molar-refractivity contribution in [1.82, 2.24) is 5.32 Å². The van der Waals surface area contributed by atoms with E-state index in [4.69, 9.17) is 0 Å². The Morgan fingerprint density at radius 2 is 1.80 bits per heavy atom. The molecule has 3 unspecified atom stereocenters. The lowest BCUT2D eigenvalue weighted by Gasteiger charge is -2.34. The van der Waals surface area contributed by atoms with Gasteiger partial charge in [0.1, 0.15) is 0 Å². The molecule has 0 aromatic heterocycles. The van der Waals surface area contributed by atoms with Crippen LogP contribution in [0.15, 0.2) is 0 Å². The topological polar surface area (TPSA) is 12.0 Å². The van der Waals surface area contributed by atoms with Crippen molar-refractivity contribution in [2.45, 2.75) is 65.8 Å². The molecular formula is C14H29N. The summed E-state index contributed by atoms with van der Waals surface area (Å²) in [5.41, 5.74) is 0. The molecule has 0 aromatic carbocycles. The van der Waals surface area contributed by atoms with E-state index in [1.807, 2.05) is 0 Å². The number of rotatable bonds is 5. The molecule has 0 saturated heterocycles. The highest BCUT2D eigenvalue weighted by Gasteiger charge is 2.24. The Morgan fingerprint density at radius 3 is 2.33 bits per heavy atom. The predicted molar refractivity (Wildman–Crippen MR) is 68.0 cm³/mol. The molecule has 1 fully saturated rings. The van der Waals surface area contributed by atoms with Gasteiger partial charge in [0, 0.05) is 6.04 Å². The number of hydrogen-bond donors (Lipinski definition) is 1. The van der Waals surface area contributed by atoms with Gasteiger partial charge in [0.25, 0.3) is 0 Å². The van der Waals surface area contributed by atoms with Crippen LogP contribution in [0.5, 0.6) is 0 Å². The van der Waals surface area contributed by atoms with Gasteiger partial charge in [0.05, 0.1) is 0 Å². The molecule has 90 valence electrons. The Kier molecular flexibility index (Phi) is 5.66. The normalized spacial score (nSPS) is 32.2. The van der Waals surface area contributed by atoms with Gasteiger partial charge < -0.3 is 5.32 Å². The summed E-state index contributed by atoms with van der Waals surface area (Å²) in [6.07, 6.45) is 6.87. The van der Waals surface area contributed by atoms with E-state index in [0.717, 1.165) is 23.8 Å². The van der Waals surface area contributed by atoms with Crippen molar-refractivity contribution < 1.29 is 0 Å². The molecule has 1 rings (SSSR count). The zero-order chi connectivity index (χ0) is 11.3. The van der Waals surface area contributed by atoms with Gasteiger partial charge in [0.2, 0.25) is 0 Å². The maximum Gasteiger partial charge on any atom is 0.00930 e. The molecule has 1 aliphatic carbocycles. The SMILES string of the molecule is CCC(CC)CNC1CCC(C)CC1C. The largest absolute Gasteiger partial charge is 0.313 e. The van der Waals surface area contributed by atoms with Crippen LogP contribution in [-0.4, -0.2) is 12.6 Å². The minimum atomic E-state index is 0.793. The van der Waals surface area contributed by atoms with E-state index < -0.39 is 0 Å². The highest BCUT2D eigenvalue weighted by molar-refractivity contribution is 4.81. The molecule has 0 spiro atoms. The molecule has 0 bridgehead atoms. The Bertz CT molecular complexity index is 163. The molecule has 1 heteroatoms. The van der Waals surface area contributed by atoms with Gasteiger partial charge in [-0.25, -0.2) is 0 Å². The summed E-state index contributed by atoms with van der Waals surface area (Å²) in [7, 11) is 0. The lowest BCUT2D eigenvalue weighted by atomic mass is 9.79. The van der Waals surface area contributed by atoms with E-state index in [2.05, 4.69) is 33.0 Å². The molecule has 1 nitrogen and oxygen atoms in total. The van der Waals surface area contributed by atoms with Gasteiger partial charge >= 0.3 is 0 Å². The van der Waals surface area contributed by atoms with Crippen molar-refractivity contribution in [2.24, 2.45) is 17.8 Å². The standard InChI is InChI=1S/C14H29N/c1-5-13(6-2)10-15-14-8-7-11(3)9-12(14)4/h11-15H,5-10H2,1-4H3. The molecule has 1 aliphatic rings. The summed E-state index contributed by atoms with van der Waals surface area (Å²) in [4.78, 5) is 0. The summed E-state index contributed by atoms with van der Waals surface area (Å²) in [5.74, 6) is 2.71. The van der Waals surface area contributed by atoms with Crippen molar-refractivity contribution in [2.75, 3.05) is 6.54 Å². The molecule has 0 heterocycles. The number of nitrogens with one attached hydrogen (secondary N) is 1. The number of hydrogen-bond acceptors (Lipinski definition) is 1. The average Bonchev–Trinajstić information content (AvgIpc) is 2.22. The van der Waals surface area contributed by atoms with Crippen LogP contribution in [-0.2, 0) is 0 Å². The summed E-state index contributed by atoms with van der Waals surface area (Å²) in [5, 5.41) is 3.79. The third kappa shape index (κ3) is 4.14. The summed E-state index contributed by atoms with van der Waals surface area (Å²) in [6, 6.07) is 0.793. The summed E-state index contributed by atoms with van der Waals surface area (Å²) in [6.45, 7) is 10.7.